The Morgan fingerprint density at radius 2 is 1.83 bits per heavy atom. The van der Waals surface area contributed by atoms with Crippen LogP contribution < -0.4 is 9.64 Å². The maximum Gasteiger partial charge on any atom is 0.218 e. The van der Waals surface area contributed by atoms with Crippen LogP contribution in [0.15, 0.2) is 24.8 Å². The van der Waals surface area contributed by atoms with E-state index in [-0.39, 0.29) is 5.82 Å². The van der Waals surface area contributed by atoms with Crippen LogP contribution in [-0.4, -0.2) is 49.4 Å². The minimum atomic E-state index is -0.299. The standard InChI is InChI=1S/C21H26FN7O/c1-4-17-20(22)21(26-12-23-17)28-7-5-16(6-8-28)11-30-19-10-18(24-13-25-19)29-15(3)9-14(2)27-29/h9-10,12-13,16H,4-8,11H2,1-3H3. The molecule has 0 N–H and O–H groups in total. The van der Waals surface area contributed by atoms with Crippen LogP contribution in [0.1, 0.15) is 36.8 Å². The predicted octanol–water partition coefficient (Wildman–Crippen LogP) is 3.07. The second kappa shape index (κ2) is 8.73. The summed E-state index contributed by atoms with van der Waals surface area (Å²) in [6.07, 6.45) is 5.31. The number of aryl methyl sites for hydroxylation is 3. The Morgan fingerprint density at radius 1 is 1.07 bits per heavy atom. The molecule has 0 spiro atoms. The first-order valence-electron chi connectivity index (χ1n) is 10.3. The second-order valence-electron chi connectivity index (χ2n) is 7.61. The third-order valence-electron chi connectivity index (χ3n) is 5.41. The Bertz CT molecular complexity index is 1010. The molecule has 158 valence electrons. The maximum atomic E-state index is 14.5. The van der Waals surface area contributed by atoms with E-state index in [1.54, 1.807) is 10.7 Å². The summed E-state index contributed by atoms with van der Waals surface area (Å²) in [6.45, 7) is 7.88. The van der Waals surface area contributed by atoms with Crippen LogP contribution in [0, 0.1) is 25.6 Å². The minimum Gasteiger partial charge on any atom is -0.477 e. The Morgan fingerprint density at radius 3 is 2.53 bits per heavy atom. The van der Waals surface area contributed by atoms with E-state index in [0.717, 1.165) is 37.3 Å². The summed E-state index contributed by atoms with van der Waals surface area (Å²) in [5.74, 6) is 1.71. The number of aromatic nitrogens is 6. The van der Waals surface area contributed by atoms with Gasteiger partial charge in [0, 0.05) is 24.8 Å². The number of nitrogens with zero attached hydrogens (tertiary/aromatic N) is 7. The van der Waals surface area contributed by atoms with Crippen LogP contribution in [0.5, 0.6) is 5.88 Å². The van der Waals surface area contributed by atoms with Crippen LogP contribution in [0.4, 0.5) is 10.2 Å². The molecule has 0 saturated carbocycles. The van der Waals surface area contributed by atoms with Gasteiger partial charge in [0.1, 0.15) is 12.7 Å². The first-order chi connectivity index (χ1) is 14.5. The fourth-order valence-corrected chi connectivity index (χ4v) is 3.76. The fraction of sp³-hybridized carbons (Fsp3) is 0.476. The zero-order valence-corrected chi connectivity index (χ0v) is 17.5. The normalized spacial score (nSPS) is 14.9. The Balaban J connectivity index is 1.34. The van der Waals surface area contributed by atoms with Gasteiger partial charge in [-0.2, -0.15) is 5.10 Å². The smallest absolute Gasteiger partial charge is 0.218 e. The van der Waals surface area contributed by atoms with Crippen molar-refractivity contribution in [2.24, 2.45) is 5.92 Å². The number of ether oxygens (including phenoxy) is 1. The van der Waals surface area contributed by atoms with Gasteiger partial charge in [0.15, 0.2) is 17.5 Å². The van der Waals surface area contributed by atoms with E-state index in [4.69, 9.17) is 4.74 Å². The lowest BCUT2D eigenvalue weighted by atomic mass is 9.98. The van der Waals surface area contributed by atoms with E-state index in [1.165, 1.54) is 12.7 Å². The molecule has 3 aromatic rings. The van der Waals surface area contributed by atoms with Gasteiger partial charge in [-0.25, -0.2) is 29.0 Å². The molecule has 1 aliphatic rings. The summed E-state index contributed by atoms with van der Waals surface area (Å²) in [4.78, 5) is 18.7. The van der Waals surface area contributed by atoms with Gasteiger partial charge in [-0.3, -0.25) is 0 Å². The van der Waals surface area contributed by atoms with Gasteiger partial charge >= 0.3 is 0 Å². The van der Waals surface area contributed by atoms with E-state index >= 15 is 0 Å². The molecule has 1 aliphatic heterocycles. The summed E-state index contributed by atoms with van der Waals surface area (Å²) in [5, 5.41) is 4.45. The summed E-state index contributed by atoms with van der Waals surface area (Å²) in [6, 6.07) is 3.80. The molecule has 0 radical (unpaired) electrons. The summed E-state index contributed by atoms with van der Waals surface area (Å²) in [5.41, 5.74) is 2.41. The lowest BCUT2D eigenvalue weighted by molar-refractivity contribution is 0.215. The van der Waals surface area contributed by atoms with Crippen molar-refractivity contribution in [2.45, 2.75) is 40.0 Å². The molecule has 0 aliphatic carbocycles. The van der Waals surface area contributed by atoms with Crippen molar-refractivity contribution >= 4 is 5.82 Å². The molecule has 3 aromatic heterocycles. The fourth-order valence-electron chi connectivity index (χ4n) is 3.76. The van der Waals surface area contributed by atoms with Gasteiger partial charge in [-0.05, 0) is 45.1 Å². The van der Waals surface area contributed by atoms with Crippen molar-refractivity contribution in [3.63, 3.8) is 0 Å². The summed E-state index contributed by atoms with van der Waals surface area (Å²) in [7, 11) is 0. The van der Waals surface area contributed by atoms with E-state index in [9.17, 15) is 4.39 Å². The van der Waals surface area contributed by atoms with Gasteiger partial charge in [0.05, 0.1) is 18.0 Å². The van der Waals surface area contributed by atoms with Crippen molar-refractivity contribution in [1.82, 2.24) is 29.7 Å². The quantitative estimate of drug-likeness (QED) is 0.616. The molecule has 30 heavy (non-hydrogen) atoms. The van der Waals surface area contributed by atoms with Crippen LogP contribution in [-0.2, 0) is 6.42 Å². The van der Waals surface area contributed by atoms with Crippen molar-refractivity contribution in [3.8, 4) is 11.7 Å². The Hall–Kier alpha value is -3.10. The molecular formula is C21H26FN7O. The molecule has 1 fully saturated rings. The minimum absolute atomic E-state index is 0.299. The molecule has 4 rings (SSSR count). The van der Waals surface area contributed by atoms with Crippen LogP contribution in [0.3, 0.4) is 0 Å². The van der Waals surface area contributed by atoms with E-state index in [1.807, 2.05) is 31.7 Å². The Kier molecular flexibility index (Phi) is 5.87. The monoisotopic (exact) mass is 411 g/mol. The third-order valence-corrected chi connectivity index (χ3v) is 5.41. The number of rotatable bonds is 6. The maximum absolute atomic E-state index is 14.5. The third kappa shape index (κ3) is 4.24. The highest BCUT2D eigenvalue weighted by Crippen LogP contribution is 2.25. The first kappa shape index (κ1) is 20.2. The average Bonchev–Trinajstić information content (AvgIpc) is 3.11. The Labute approximate surface area is 175 Å². The highest BCUT2D eigenvalue weighted by molar-refractivity contribution is 5.41. The van der Waals surface area contributed by atoms with Gasteiger partial charge in [0.2, 0.25) is 5.88 Å². The number of halogens is 1. The largest absolute Gasteiger partial charge is 0.477 e. The average molecular weight is 411 g/mol. The van der Waals surface area contributed by atoms with Crippen molar-refractivity contribution in [2.75, 3.05) is 24.6 Å². The van der Waals surface area contributed by atoms with Crippen molar-refractivity contribution < 1.29 is 9.13 Å². The van der Waals surface area contributed by atoms with Crippen LogP contribution in [0.25, 0.3) is 5.82 Å². The van der Waals surface area contributed by atoms with Crippen molar-refractivity contribution in [3.05, 3.63) is 47.7 Å². The molecule has 0 amide bonds. The van der Waals surface area contributed by atoms with Crippen LogP contribution in [0.2, 0.25) is 0 Å². The molecule has 0 atom stereocenters. The molecular weight excluding hydrogens is 385 g/mol. The van der Waals surface area contributed by atoms with E-state index in [2.05, 4.69) is 25.0 Å². The highest BCUT2D eigenvalue weighted by Gasteiger charge is 2.24. The zero-order chi connectivity index (χ0) is 21.1. The van der Waals surface area contributed by atoms with Crippen LogP contribution >= 0.6 is 0 Å². The molecule has 0 unspecified atom stereocenters. The van der Waals surface area contributed by atoms with Gasteiger partial charge in [-0.1, -0.05) is 6.92 Å². The lowest BCUT2D eigenvalue weighted by Crippen LogP contribution is -2.36. The SMILES string of the molecule is CCc1ncnc(N2CCC(COc3cc(-n4nc(C)cc4C)ncn3)CC2)c1F. The molecule has 0 bridgehead atoms. The number of anilines is 1. The second-order valence-corrected chi connectivity index (χ2v) is 7.61. The number of hydrogen-bond donors (Lipinski definition) is 0. The number of piperidine rings is 1. The molecule has 1 saturated heterocycles. The van der Waals surface area contributed by atoms with E-state index in [0.29, 0.717) is 42.2 Å². The van der Waals surface area contributed by atoms with E-state index < -0.39 is 0 Å². The first-order valence-corrected chi connectivity index (χ1v) is 10.3. The lowest BCUT2D eigenvalue weighted by Gasteiger charge is -2.32. The highest BCUT2D eigenvalue weighted by atomic mass is 19.1. The summed E-state index contributed by atoms with van der Waals surface area (Å²) >= 11 is 0. The zero-order valence-electron chi connectivity index (χ0n) is 17.5. The van der Waals surface area contributed by atoms with Gasteiger partial charge < -0.3 is 9.64 Å². The predicted molar refractivity (Wildman–Crippen MR) is 110 cm³/mol. The molecule has 8 nitrogen and oxygen atoms in total. The molecule has 0 aromatic carbocycles. The van der Waals surface area contributed by atoms with Crippen molar-refractivity contribution in [1.29, 1.82) is 0 Å². The molecule has 4 heterocycles. The molecule has 9 heteroatoms. The van der Waals surface area contributed by atoms with Gasteiger partial charge in [0.25, 0.3) is 0 Å². The topological polar surface area (TPSA) is 81.9 Å². The summed E-state index contributed by atoms with van der Waals surface area (Å²) < 4.78 is 22.2. The number of hydrogen-bond acceptors (Lipinski definition) is 7. The van der Waals surface area contributed by atoms with Gasteiger partial charge in [-0.15, -0.1) is 0 Å².